The first-order chi connectivity index (χ1) is 7.64. The first-order valence-electron chi connectivity index (χ1n) is 6.04. The molecule has 0 saturated heterocycles. The Bertz CT molecular complexity index is 376. The molecule has 2 N–H and O–H groups in total. The zero-order chi connectivity index (χ0) is 11.6. The van der Waals surface area contributed by atoms with Crippen LogP contribution in [0, 0.1) is 0 Å². The highest BCUT2D eigenvalue weighted by molar-refractivity contribution is 5.90. The van der Waals surface area contributed by atoms with Crippen LogP contribution in [-0.4, -0.2) is 11.3 Å². The van der Waals surface area contributed by atoms with E-state index < -0.39 is 5.54 Å². The van der Waals surface area contributed by atoms with E-state index in [0.717, 1.165) is 31.2 Å². The molecule has 16 heavy (non-hydrogen) atoms. The van der Waals surface area contributed by atoms with Crippen molar-refractivity contribution < 1.29 is 4.79 Å². The molecule has 0 aliphatic heterocycles. The summed E-state index contributed by atoms with van der Waals surface area (Å²) >= 11 is 0. The number of benzene rings is 1. The molecule has 0 bridgehead atoms. The smallest absolute Gasteiger partial charge is 0.156 e. The minimum absolute atomic E-state index is 0.197. The van der Waals surface area contributed by atoms with E-state index in [1.807, 2.05) is 12.1 Å². The molecular weight excluding hydrogens is 198 g/mol. The van der Waals surface area contributed by atoms with Crippen LogP contribution in [0.5, 0.6) is 0 Å². The lowest BCUT2D eigenvalue weighted by Crippen LogP contribution is -2.54. The van der Waals surface area contributed by atoms with Crippen molar-refractivity contribution in [3.05, 3.63) is 35.4 Å². The average molecular weight is 217 g/mol. The van der Waals surface area contributed by atoms with Crippen LogP contribution in [0.2, 0.25) is 0 Å². The van der Waals surface area contributed by atoms with Gasteiger partial charge in [0.25, 0.3) is 0 Å². The standard InChI is InChI=1S/C14H19NO/c1-2-11-4-6-12(7-5-11)10-13(16)14(15)8-3-9-14/h4-7H,2-3,8-10,15H2,1H3. The normalized spacial score (nSPS) is 17.9. The molecule has 1 saturated carbocycles. The highest BCUT2D eigenvalue weighted by atomic mass is 16.1. The minimum atomic E-state index is -0.510. The quantitative estimate of drug-likeness (QED) is 0.840. The van der Waals surface area contributed by atoms with E-state index in [9.17, 15) is 4.79 Å². The Morgan fingerprint density at radius 2 is 1.81 bits per heavy atom. The molecule has 2 rings (SSSR count). The molecule has 86 valence electrons. The molecule has 2 heteroatoms. The van der Waals surface area contributed by atoms with Crippen LogP contribution >= 0.6 is 0 Å². The Morgan fingerprint density at radius 1 is 1.25 bits per heavy atom. The molecule has 0 aromatic heterocycles. The largest absolute Gasteiger partial charge is 0.319 e. The number of aryl methyl sites for hydroxylation is 1. The number of rotatable bonds is 4. The zero-order valence-corrected chi connectivity index (χ0v) is 9.83. The Balaban J connectivity index is 2.00. The number of Topliss-reactive ketones (excluding diaryl/α,β-unsaturated/α-hetero) is 1. The van der Waals surface area contributed by atoms with E-state index in [1.165, 1.54) is 5.56 Å². The van der Waals surface area contributed by atoms with Crippen molar-refractivity contribution in [3.8, 4) is 0 Å². The van der Waals surface area contributed by atoms with Crippen molar-refractivity contribution in [2.45, 2.75) is 44.6 Å². The average Bonchev–Trinajstić information content (AvgIpc) is 2.27. The third-order valence-electron chi connectivity index (χ3n) is 3.60. The SMILES string of the molecule is CCc1ccc(CC(=O)C2(N)CCC2)cc1. The van der Waals surface area contributed by atoms with Gasteiger partial charge in [-0.1, -0.05) is 31.2 Å². The molecule has 0 radical (unpaired) electrons. The topological polar surface area (TPSA) is 43.1 Å². The van der Waals surface area contributed by atoms with Crippen LogP contribution in [0.15, 0.2) is 24.3 Å². The van der Waals surface area contributed by atoms with Gasteiger partial charge in [0, 0.05) is 6.42 Å². The van der Waals surface area contributed by atoms with Crippen LogP contribution in [0.4, 0.5) is 0 Å². The summed E-state index contributed by atoms with van der Waals surface area (Å²) in [6.07, 6.45) is 4.34. The molecule has 2 nitrogen and oxygen atoms in total. The molecule has 0 amide bonds. The Labute approximate surface area is 96.8 Å². The van der Waals surface area contributed by atoms with Gasteiger partial charge < -0.3 is 5.73 Å². The lowest BCUT2D eigenvalue weighted by molar-refractivity contribution is -0.126. The summed E-state index contributed by atoms with van der Waals surface area (Å²) in [7, 11) is 0. The Hall–Kier alpha value is -1.15. The van der Waals surface area contributed by atoms with Crippen LogP contribution in [-0.2, 0) is 17.6 Å². The maximum atomic E-state index is 11.9. The summed E-state index contributed by atoms with van der Waals surface area (Å²) < 4.78 is 0. The van der Waals surface area contributed by atoms with Gasteiger partial charge in [0.15, 0.2) is 5.78 Å². The van der Waals surface area contributed by atoms with Crippen LogP contribution in [0.25, 0.3) is 0 Å². The summed E-state index contributed by atoms with van der Waals surface area (Å²) in [6.45, 7) is 2.13. The van der Waals surface area contributed by atoms with Gasteiger partial charge in [0.1, 0.15) is 0 Å². The predicted octanol–water partition coefficient (Wildman–Crippen LogP) is 2.24. The van der Waals surface area contributed by atoms with E-state index >= 15 is 0 Å². The number of hydrogen-bond acceptors (Lipinski definition) is 2. The highest BCUT2D eigenvalue weighted by Gasteiger charge is 2.39. The molecule has 1 aliphatic carbocycles. The molecule has 0 heterocycles. The van der Waals surface area contributed by atoms with Gasteiger partial charge >= 0.3 is 0 Å². The van der Waals surface area contributed by atoms with Crippen molar-refractivity contribution in [1.29, 1.82) is 0 Å². The predicted molar refractivity (Wildman–Crippen MR) is 65.3 cm³/mol. The van der Waals surface area contributed by atoms with E-state index in [2.05, 4.69) is 19.1 Å². The molecular formula is C14H19NO. The third-order valence-corrected chi connectivity index (χ3v) is 3.60. The molecule has 1 aromatic carbocycles. The van der Waals surface area contributed by atoms with Crippen molar-refractivity contribution in [2.24, 2.45) is 5.73 Å². The fraction of sp³-hybridized carbons (Fsp3) is 0.500. The van der Waals surface area contributed by atoms with Gasteiger partial charge in [0.05, 0.1) is 5.54 Å². The van der Waals surface area contributed by atoms with Gasteiger partial charge in [-0.15, -0.1) is 0 Å². The molecule has 0 spiro atoms. The summed E-state index contributed by atoms with van der Waals surface area (Å²) in [5, 5.41) is 0. The van der Waals surface area contributed by atoms with Crippen LogP contribution < -0.4 is 5.73 Å². The van der Waals surface area contributed by atoms with Crippen molar-refractivity contribution >= 4 is 5.78 Å². The zero-order valence-electron chi connectivity index (χ0n) is 9.83. The maximum absolute atomic E-state index is 11.9. The number of nitrogens with two attached hydrogens (primary N) is 1. The molecule has 0 atom stereocenters. The maximum Gasteiger partial charge on any atom is 0.156 e. The van der Waals surface area contributed by atoms with Crippen LogP contribution in [0.1, 0.15) is 37.3 Å². The molecule has 0 unspecified atom stereocenters. The molecule has 1 aromatic rings. The second kappa shape index (κ2) is 4.38. The number of carbonyl (C=O) groups excluding carboxylic acids is 1. The first-order valence-corrected chi connectivity index (χ1v) is 6.04. The lowest BCUT2D eigenvalue weighted by atomic mass is 9.73. The van der Waals surface area contributed by atoms with Gasteiger partial charge in [-0.2, -0.15) is 0 Å². The van der Waals surface area contributed by atoms with Gasteiger partial charge in [-0.3, -0.25) is 4.79 Å². The van der Waals surface area contributed by atoms with E-state index in [-0.39, 0.29) is 5.78 Å². The van der Waals surface area contributed by atoms with E-state index in [0.29, 0.717) is 6.42 Å². The third kappa shape index (κ3) is 2.17. The van der Waals surface area contributed by atoms with Crippen molar-refractivity contribution in [2.75, 3.05) is 0 Å². The van der Waals surface area contributed by atoms with Gasteiger partial charge in [-0.25, -0.2) is 0 Å². The molecule has 1 aliphatic rings. The van der Waals surface area contributed by atoms with Crippen LogP contribution in [0.3, 0.4) is 0 Å². The fourth-order valence-electron chi connectivity index (χ4n) is 2.09. The second-order valence-corrected chi connectivity index (χ2v) is 4.78. The fourth-order valence-corrected chi connectivity index (χ4v) is 2.09. The first kappa shape index (κ1) is 11.3. The number of ketones is 1. The molecule has 1 fully saturated rings. The second-order valence-electron chi connectivity index (χ2n) is 4.78. The Morgan fingerprint density at radius 3 is 2.25 bits per heavy atom. The monoisotopic (exact) mass is 217 g/mol. The van der Waals surface area contributed by atoms with E-state index in [4.69, 9.17) is 5.73 Å². The van der Waals surface area contributed by atoms with Crippen molar-refractivity contribution in [1.82, 2.24) is 0 Å². The van der Waals surface area contributed by atoms with Crippen molar-refractivity contribution in [3.63, 3.8) is 0 Å². The number of carbonyl (C=O) groups is 1. The summed E-state index contributed by atoms with van der Waals surface area (Å²) in [5.74, 6) is 0.197. The van der Waals surface area contributed by atoms with Gasteiger partial charge in [-0.05, 0) is 36.8 Å². The lowest BCUT2D eigenvalue weighted by Gasteiger charge is -2.36. The highest BCUT2D eigenvalue weighted by Crippen LogP contribution is 2.30. The number of hydrogen-bond donors (Lipinski definition) is 1. The Kier molecular flexibility index (Phi) is 3.10. The summed E-state index contributed by atoms with van der Waals surface area (Å²) in [6, 6.07) is 8.26. The van der Waals surface area contributed by atoms with E-state index in [1.54, 1.807) is 0 Å². The summed E-state index contributed by atoms with van der Waals surface area (Å²) in [5.41, 5.74) is 7.88. The summed E-state index contributed by atoms with van der Waals surface area (Å²) in [4.78, 5) is 11.9. The minimum Gasteiger partial charge on any atom is -0.319 e. The van der Waals surface area contributed by atoms with Gasteiger partial charge in [0.2, 0.25) is 0 Å².